The van der Waals surface area contributed by atoms with Gasteiger partial charge in [-0.05, 0) is 44.1 Å². The number of hydrogen-bond acceptors (Lipinski definition) is 13. The van der Waals surface area contributed by atoms with E-state index < -0.39 is 17.8 Å². The van der Waals surface area contributed by atoms with Crippen LogP contribution in [0.1, 0.15) is 52.4 Å². The molecule has 0 saturated heterocycles. The highest BCUT2D eigenvalue weighted by atomic mass is 16.6. The zero-order chi connectivity index (χ0) is 37.4. The van der Waals surface area contributed by atoms with Gasteiger partial charge in [-0.15, -0.1) is 0 Å². The Morgan fingerprint density at radius 3 is 1.45 bits per heavy atom. The van der Waals surface area contributed by atoms with E-state index >= 15 is 0 Å². The van der Waals surface area contributed by atoms with Crippen LogP contribution in [0.5, 0.6) is 0 Å². The Bertz CT molecular complexity index is 983. The van der Waals surface area contributed by atoms with Crippen LogP contribution in [0, 0.1) is 11.8 Å². The quantitative estimate of drug-likeness (QED) is 0.0734. The SMILES string of the molecule is CCC(CC(C)C(=O)NCCNC(=O)C1=C(C(=O)[O-])CCCC1)C(=O)NCCOCCOCCOCCOCCOCCOCCOCCOC. The van der Waals surface area contributed by atoms with Gasteiger partial charge in [-0.3, -0.25) is 14.4 Å². The van der Waals surface area contributed by atoms with Crippen molar-refractivity contribution in [3.8, 4) is 0 Å². The van der Waals surface area contributed by atoms with Crippen LogP contribution in [-0.2, 0) is 57.1 Å². The zero-order valence-electron chi connectivity index (χ0n) is 30.9. The van der Waals surface area contributed by atoms with E-state index in [1.54, 1.807) is 14.0 Å². The van der Waals surface area contributed by atoms with E-state index in [0.29, 0.717) is 138 Å². The molecule has 296 valence electrons. The summed E-state index contributed by atoms with van der Waals surface area (Å²) in [4.78, 5) is 48.9. The highest BCUT2D eigenvalue weighted by molar-refractivity contribution is 6.01. The minimum atomic E-state index is -1.31. The molecule has 3 amide bonds. The predicted molar refractivity (Wildman–Crippen MR) is 185 cm³/mol. The van der Waals surface area contributed by atoms with Crippen LogP contribution >= 0.6 is 0 Å². The van der Waals surface area contributed by atoms with Gasteiger partial charge in [-0.25, -0.2) is 0 Å². The summed E-state index contributed by atoms with van der Waals surface area (Å²) in [5.41, 5.74) is 0.315. The number of hydrogen-bond donors (Lipinski definition) is 3. The molecule has 51 heavy (non-hydrogen) atoms. The number of aliphatic carboxylic acids is 1. The molecular formula is C35H62N3O13-. The largest absolute Gasteiger partial charge is 0.545 e. The molecule has 1 aliphatic rings. The summed E-state index contributed by atoms with van der Waals surface area (Å²) in [5.74, 6) is -2.84. The molecule has 2 atom stereocenters. The van der Waals surface area contributed by atoms with E-state index in [-0.39, 0.29) is 42.0 Å². The summed E-state index contributed by atoms with van der Waals surface area (Å²) in [7, 11) is 1.63. The average molecular weight is 733 g/mol. The molecule has 0 aromatic carbocycles. The van der Waals surface area contributed by atoms with E-state index in [9.17, 15) is 24.3 Å². The van der Waals surface area contributed by atoms with Gasteiger partial charge in [0.2, 0.25) is 17.7 Å². The summed E-state index contributed by atoms with van der Waals surface area (Å²) in [5, 5.41) is 19.6. The summed E-state index contributed by atoms with van der Waals surface area (Å²) >= 11 is 0. The van der Waals surface area contributed by atoms with Crippen molar-refractivity contribution < 1.29 is 62.2 Å². The third-order valence-electron chi connectivity index (χ3n) is 7.86. The number of carboxylic acid groups (broad SMARTS) is 1. The lowest BCUT2D eigenvalue weighted by atomic mass is 9.91. The molecule has 2 unspecified atom stereocenters. The maximum absolute atomic E-state index is 12.7. The van der Waals surface area contributed by atoms with Crippen molar-refractivity contribution in [2.24, 2.45) is 11.8 Å². The zero-order valence-corrected chi connectivity index (χ0v) is 30.9. The molecular weight excluding hydrogens is 670 g/mol. The Balaban J connectivity index is 1.96. The second-order valence-electron chi connectivity index (χ2n) is 11.8. The van der Waals surface area contributed by atoms with Gasteiger partial charge in [0, 0.05) is 44.2 Å². The van der Waals surface area contributed by atoms with Crippen molar-refractivity contribution in [2.75, 3.05) is 126 Å². The topological polar surface area (TPSA) is 201 Å². The van der Waals surface area contributed by atoms with Crippen molar-refractivity contribution in [2.45, 2.75) is 52.4 Å². The average Bonchev–Trinajstić information content (AvgIpc) is 3.13. The molecule has 1 rings (SSSR count). The lowest BCUT2D eigenvalue weighted by Crippen LogP contribution is -2.40. The van der Waals surface area contributed by atoms with Gasteiger partial charge in [-0.2, -0.15) is 0 Å². The Morgan fingerprint density at radius 2 is 1.00 bits per heavy atom. The Morgan fingerprint density at radius 1 is 0.588 bits per heavy atom. The maximum atomic E-state index is 12.7. The molecule has 1 aliphatic carbocycles. The number of methoxy groups -OCH3 is 1. The van der Waals surface area contributed by atoms with Gasteiger partial charge in [-0.1, -0.05) is 13.8 Å². The minimum Gasteiger partial charge on any atom is -0.545 e. The summed E-state index contributed by atoms with van der Waals surface area (Å²) in [6.45, 7) is 11.5. The van der Waals surface area contributed by atoms with Crippen LogP contribution in [0.25, 0.3) is 0 Å². The second-order valence-corrected chi connectivity index (χ2v) is 11.8. The van der Waals surface area contributed by atoms with E-state index in [2.05, 4.69) is 16.0 Å². The van der Waals surface area contributed by atoms with Crippen molar-refractivity contribution in [3.63, 3.8) is 0 Å². The normalized spacial score (nSPS) is 14.3. The number of carboxylic acids is 1. The van der Waals surface area contributed by atoms with Crippen LogP contribution in [-0.4, -0.2) is 150 Å². The van der Waals surface area contributed by atoms with Crippen LogP contribution in [0.2, 0.25) is 0 Å². The fourth-order valence-corrected chi connectivity index (χ4v) is 4.97. The lowest BCUT2D eigenvalue weighted by molar-refractivity contribution is -0.299. The third-order valence-corrected chi connectivity index (χ3v) is 7.86. The number of amides is 3. The first kappa shape index (κ1) is 46.3. The van der Waals surface area contributed by atoms with E-state index in [0.717, 1.165) is 6.42 Å². The molecule has 0 spiro atoms. The fourth-order valence-electron chi connectivity index (χ4n) is 4.97. The highest BCUT2D eigenvalue weighted by Crippen LogP contribution is 2.24. The molecule has 0 aromatic heterocycles. The summed E-state index contributed by atoms with van der Waals surface area (Å²) < 4.78 is 42.9. The highest BCUT2D eigenvalue weighted by Gasteiger charge is 2.23. The van der Waals surface area contributed by atoms with Crippen LogP contribution in [0.4, 0.5) is 0 Å². The van der Waals surface area contributed by atoms with Gasteiger partial charge in [0.15, 0.2) is 0 Å². The first-order valence-corrected chi connectivity index (χ1v) is 18.1. The number of rotatable bonds is 34. The van der Waals surface area contributed by atoms with Gasteiger partial charge < -0.3 is 63.7 Å². The Kier molecular flexibility index (Phi) is 29.1. The van der Waals surface area contributed by atoms with Gasteiger partial charge in [0.05, 0.1) is 105 Å². The predicted octanol–water partition coefficient (Wildman–Crippen LogP) is -0.229. The molecule has 3 N–H and O–H groups in total. The van der Waals surface area contributed by atoms with Gasteiger partial charge >= 0.3 is 0 Å². The molecule has 0 saturated carbocycles. The molecule has 0 bridgehead atoms. The maximum Gasteiger partial charge on any atom is 0.247 e. The second kappa shape index (κ2) is 32.0. The standard InChI is InChI=1S/C35H63N3O13/c1-4-29(27-28(2)32(39)36-9-10-37-34(41)30-7-5-6-8-31(30)35(42)43)33(40)38-11-12-45-15-16-47-19-20-49-23-24-51-26-25-50-22-21-48-18-17-46-14-13-44-3/h28-29H,4-27H2,1-3H3,(H,36,39)(H,37,41)(H,38,40)(H,42,43)/p-1. The van der Waals surface area contributed by atoms with Crippen LogP contribution in [0.15, 0.2) is 11.1 Å². The van der Waals surface area contributed by atoms with Crippen molar-refractivity contribution in [1.29, 1.82) is 0 Å². The number of nitrogens with one attached hydrogen (secondary N) is 3. The lowest BCUT2D eigenvalue weighted by Gasteiger charge is -2.21. The molecule has 0 fully saturated rings. The monoisotopic (exact) mass is 732 g/mol. The first-order chi connectivity index (χ1) is 24.8. The van der Waals surface area contributed by atoms with Crippen LogP contribution in [0.3, 0.4) is 0 Å². The Labute approximate surface area is 302 Å². The Hall–Kier alpha value is -2.70. The van der Waals surface area contributed by atoms with Crippen LogP contribution < -0.4 is 21.1 Å². The number of ether oxygens (including phenoxy) is 8. The smallest absolute Gasteiger partial charge is 0.247 e. The first-order valence-electron chi connectivity index (χ1n) is 18.1. The van der Waals surface area contributed by atoms with Crippen molar-refractivity contribution >= 4 is 23.7 Å². The van der Waals surface area contributed by atoms with Crippen molar-refractivity contribution in [3.05, 3.63) is 11.1 Å². The molecule has 0 aliphatic heterocycles. The van der Waals surface area contributed by atoms with E-state index in [1.165, 1.54) is 0 Å². The van der Waals surface area contributed by atoms with Crippen molar-refractivity contribution in [1.82, 2.24) is 16.0 Å². The molecule has 16 heteroatoms. The van der Waals surface area contributed by atoms with E-state index in [1.807, 2.05) is 6.92 Å². The third kappa shape index (κ3) is 24.2. The molecule has 0 radical (unpaired) electrons. The molecule has 0 heterocycles. The number of carbonyl (C=O) groups excluding carboxylic acids is 4. The van der Waals surface area contributed by atoms with E-state index in [4.69, 9.17) is 37.9 Å². The molecule has 0 aromatic rings. The fraction of sp³-hybridized carbons (Fsp3) is 0.829. The molecule has 16 nitrogen and oxygen atoms in total. The summed E-state index contributed by atoms with van der Waals surface area (Å²) in [6.07, 6.45) is 3.15. The van der Waals surface area contributed by atoms with Gasteiger partial charge in [0.25, 0.3) is 0 Å². The van der Waals surface area contributed by atoms with Gasteiger partial charge in [0.1, 0.15) is 0 Å². The summed E-state index contributed by atoms with van der Waals surface area (Å²) in [6, 6.07) is 0. The minimum absolute atomic E-state index is 0.0607. The number of carbonyl (C=O) groups is 4.